The number of hydrogen-bond donors (Lipinski definition) is 0. The van der Waals surface area contributed by atoms with Gasteiger partial charge in [0.2, 0.25) is 5.54 Å². The fourth-order valence-corrected chi connectivity index (χ4v) is 1.16. The van der Waals surface area contributed by atoms with E-state index in [9.17, 15) is 9.59 Å². The normalized spacial score (nSPS) is 25.1. The van der Waals surface area contributed by atoms with E-state index in [4.69, 9.17) is 5.53 Å². The zero-order chi connectivity index (χ0) is 10.6. The van der Waals surface area contributed by atoms with Crippen molar-refractivity contribution in [3.05, 3.63) is 10.4 Å². The number of carbonyl (C=O) groups is 2. The van der Waals surface area contributed by atoms with E-state index in [1.165, 1.54) is 0 Å². The van der Waals surface area contributed by atoms with Crippen molar-refractivity contribution in [2.75, 3.05) is 13.2 Å². The summed E-state index contributed by atoms with van der Waals surface area (Å²) in [6.07, 6.45) is 0.0364. The summed E-state index contributed by atoms with van der Waals surface area (Å²) in [4.78, 5) is 25.1. The maximum Gasteiger partial charge on any atom is 0.329 e. The number of esters is 2. The summed E-state index contributed by atoms with van der Waals surface area (Å²) < 4.78 is 9.23. The minimum absolute atomic E-state index is 0.0364. The molecule has 1 aliphatic heterocycles. The molecule has 1 aliphatic rings. The maximum absolute atomic E-state index is 11.4. The first-order valence-electron chi connectivity index (χ1n) is 4.08. The molecular formula is C7H9N3O4. The standard InChI is InChI=1S/C7H9N3O4/c1-2-13-5(11)7(9-10-8)3-4-14-6(7)12/h2-4H2,1H3. The highest BCUT2D eigenvalue weighted by atomic mass is 16.6. The van der Waals surface area contributed by atoms with Crippen LogP contribution in [0.2, 0.25) is 0 Å². The minimum Gasteiger partial charge on any atom is -0.465 e. The molecule has 7 heteroatoms. The first-order valence-corrected chi connectivity index (χ1v) is 4.08. The van der Waals surface area contributed by atoms with Crippen molar-refractivity contribution in [1.82, 2.24) is 0 Å². The lowest BCUT2D eigenvalue weighted by molar-refractivity contribution is -0.157. The second-order valence-electron chi connectivity index (χ2n) is 2.66. The Morgan fingerprint density at radius 1 is 1.86 bits per heavy atom. The molecule has 0 aromatic heterocycles. The molecular weight excluding hydrogens is 190 g/mol. The summed E-state index contributed by atoms with van der Waals surface area (Å²) in [6.45, 7) is 1.79. The quantitative estimate of drug-likeness (QED) is 0.217. The predicted octanol–water partition coefficient (Wildman–Crippen LogP) is 0.545. The number of azide groups is 1. The minimum atomic E-state index is -1.80. The van der Waals surface area contributed by atoms with Crippen molar-refractivity contribution in [2.45, 2.75) is 18.9 Å². The molecule has 0 spiro atoms. The van der Waals surface area contributed by atoms with Crippen molar-refractivity contribution in [3.8, 4) is 0 Å². The third kappa shape index (κ3) is 1.49. The van der Waals surface area contributed by atoms with Crippen LogP contribution in [-0.2, 0) is 19.1 Å². The third-order valence-electron chi connectivity index (χ3n) is 1.86. The van der Waals surface area contributed by atoms with Crippen LogP contribution in [0.25, 0.3) is 10.4 Å². The second kappa shape index (κ2) is 3.97. The fourth-order valence-electron chi connectivity index (χ4n) is 1.16. The Morgan fingerprint density at radius 2 is 2.57 bits per heavy atom. The van der Waals surface area contributed by atoms with E-state index >= 15 is 0 Å². The molecule has 0 aromatic rings. The number of carbonyl (C=O) groups excluding carboxylic acids is 2. The van der Waals surface area contributed by atoms with Crippen LogP contribution in [0.5, 0.6) is 0 Å². The van der Waals surface area contributed by atoms with Gasteiger partial charge in [0, 0.05) is 11.3 Å². The largest absolute Gasteiger partial charge is 0.465 e. The van der Waals surface area contributed by atoms with Gasteiger partial charge in [0.1, 0.15) is 0 Å². The van der Waals surface area contributed by atoms with Gasteiger partial charge in [0.15, 0.2) is 0 Å². The van der Waals surface area contributed by atoms with Crippen molar-refractivity contribution >= 4 is 11.9 Å². The molecule has 0 saturated carbocycles. The lowest BCUT2D eigenvalue weighted by Crippen LogP contribution is -2.42. The SMILES string of the molecule is CCOC(=O)C1(N=[N+]=[N-])CCOC1=O. The molecule has 0 aromatic carbocycles. The number of cyclic esters (lactones) is 1. The van der Waals surface area contributed by atoms with Crippen LogP contribution in [0.15, 0.2) is 5.11 Å². The molecule has 14 heavy (non-hydrogen) atoms. The van der Waals surface area contributed by atoms with Crippen molar-refractivity contribution in [1.29, 1.82) is 0 Å². The van der Waals surface area contributed by atoms with Gasteiger partial charge in [-0.25, -0.2) is 0 Å². The van der Waals surface area contributed by atoms with Crippen molar-refractivity contribution in [2.24, 2.45) is 5.11 Å². The molecule has 1 fully saturated rings. The summed E-state index contributed by atoms with van der Waals surface area (Å²) in [7, 11) is 0. The Balaban J connectivity index is 2.98. The highest BCUT2D eigenvalue weighted by molar-refractivity contribution is 6.06. The van der Waals surface area contributed by atoms with E-state index in [1.54, 1.807) is 6.92 Å². The third-order valence-corrected chi connectivity index (χ3v) is 1.86. The van der Waals surface area contributed by atoms with Gasteiger partial charge in [-0.05, 0) is 12.5 Å². The monoisotopic (exact) mass is 199 g/mol. The topological polar surface area (TPSA) is 101 Å². The zero-order valence-electron chi connectivity index (χ0n) is 7.60. The Morgan fingerprint density at radius 3 is 3.00 bits per heavy atom. The first-order chi connectivity index (χ1) is 6.67. The van der Waals surface area contributed by atoms with Gasteiger partial charge in [0.25, 0.3) is 0 Å². The molecule has 0 bridgehead atoms. The van der Waals surface area contributed by atoms with E-state index in [0.29, 0.717) is 0 Å². The van der Waals surface area contributed by atoms with Crippen LogP contribution >= 0.6 is 0 Å². The Bertz CT molecular complexity index is 310. The smallest absolute Gasteiger partial charge is 0.329 e. The first kappa shape index (κ1) is 10.3. The lowest BCUT2D eigenvalue weighted by Gasteiger charge is -2.15. The zero-order valence-corrected chi connectivity index (χ0v) is 7.60. The molecule has 1 atom stereocenters. The van der Waals surface area contributed by atoms with Gasteiger partial charge < -0.3 is 9.47 Å². The molecule has 76 valence electrons. The molecule has 0 N–H and O–H groups in total. The summed E-state index contributed by atoms with van der Waals surface area (Å²) in [5, 5.41) is 3.19. The van der Waals surface area contributed by atoms with Crippen LogP contribution in [0.3, 0.4) is 0 Å². The van der Waals surface area contributed by atoms with Crippen LogP contribution in [0, 0.1) is 0 Å². The van der Waals surface area contributed by atoms with Crippen molar-refractivity contribution < 1.29 is 19.1 Å². The van der Waals surface area contributed by atoms with Crippen LogP contribution in [-0.4, -0.2) is 30.7 Å². The molecule has 0 aliphatic carbocycles. The van der Waals surface area contributed by atoms with E-state index in [-0.39, 0.29) is 19.6 Å². The molecule has 0 radical (unpaired) electrons. The lowest BCUT2D eigenvalue weighted by atomic mass is 10.00. The molecule has 1 heterocycles. The molecule has 1 rings (SSSR count). The Hall–Kier alpha value is -1.75. The van der Waals surface area contributed by atoms with E-state index in [2.05, 4.69) is 19.5 Å². The average molecular weight is 199 g/mol. The summed E-state index contributed by atoms with van der Waals surface area (Å²) in [6, 6.07) is 0. The summed E-state index contributed by atoms with van der Waals surface area (Å²) in [5.74, 6) is -1.69. The van der Waals surface area contributed by atoms with Crippen LogP contribution in [0.1, 0.15) is 13.3 Å². The molecule has 0 amide bonds. The highest BCUT2D eigenvalue weighted by Gasteiger charge is 2.52. The van der Waals surface area contributed by atoms with Gasteiger partial charge >= 0.3 is 11.9 Å². The summed E-state index contributed by atoms with van der Waals surface area (Å²) >= 11 is 0. The Labute approximate surface area is 79.6 Å². The fraction of sp³-hybridized carbons (Fsp3) is 0.714. The number of ether oxygens (including phenoxy) is 2. The number of rotatable bonds is 3. The van der Waals surface area contributed by atoms with Crippen LogP contribution in [0.4, 0.5) is 0 Å². The van der Waals surface area contributed by atoms with Gasteiger partial charge in [-0.15, -0.1) is 0 Å². The van der Waals surface area contributed by atoms with Gasteiger partial charge in [0.05, 0.1) is 13.2 Å². The highest BCUT2D eigenvalue weighted by Crippen LogP contribution is 2.26. The van der Waals surface area contributed by atoms with E-state index < -0.39 is 17.5 Å². The average Bonchev–Trinajstić information content (AvgIpc) is 2.50. The van der Waals surface area contributed by atoms with Crippen LogP contribution < -0.4 is 0 Å². The number of hydrogen-bond acceptors (Lipinski definition) is 5. The molecule has 1 saturated heterocycles. The molecule has 7 nitrogen and oxygen atoms in total. The van der Waals surface area contributed by atoms with Gasteiger partial charge in [-0.1, -0.05) is 5.11 Å². The van der Waals surface area contributed by atoms with E-state index in [1.807, 2.05) is 0 Å². The predicted molar refractivity (Wildman–Crippen MR) is 44.1 cm³/mol. The second-order valence-corrected chi connectivity index (χ2v) is 2.66. The van der Waals surface area contributed by atoms with Gasteiger partial charge in [-0.3, -0.25) is 9.59 Å². The maximum atomic E-state index is 11.4. The molecule has 1 unspecified atom stereocenters. The van der Waals surface area contributed by atoms with Crippen molar-refractivity contribution in [3.63, 3.8) is 0 Å². The summed E-state index contributed by atoms with van der Waals surface area (Å²) in [5.41, 5.74) is 6.47. The van der Waals surface area contributed by atoms with E-state index in [0.717, 1.165) is 0 Å². The van der Waals surface area contributed by atoms with Gasteiger partial charge in [-0.2, -0.15) is 0 Å². The number of nitrogens with zero attached hydrogens (tertiary/aromatic N) is 3. The Kier molecular flexibility index (Phi) is 2.93.